The fraction of sp³-hybridized carbons (Fsp3) is 0.556. The van der Waals surface area contributed by atoms with Gasteiger partial charge in [0.1, 0.15) is 0 Å². The summed E-state index contributed by atoms with van der Waals surface area (Å²) in [5.41, 5.74) is 4.47. The average Bonchev–Trinajstić information content (AvgIpc) is 2.71. The lowest BCUT2D eigenvalue weighted by atomic mass is 10.2. The van der Waals surface area contributed by atoms with Gasteiger partial charge >= 0.3 is 0 Å². The number of aromatic nitrogens is 1. The number of H-pyrrole nitrogens is 1. The fourth-order valence-corrected chi connectivity index (χ4v) is 3.83. The number of rotatable bonds is 1. The third-order valence-corrected chi connectivity index (χ3v) is 4.52. The first kappa shape index (κ1) is 7.51. The normalized spacial score (nSPS) is 21.4. The summed E-state index contributed by atoms with van der Waals surface area (Å²) < 4.78 is 1.38. The summed E-state index contributed by atoms with van der Waals surface area (Å²) in [7, 11) is 0. The zero-order valence-electron chi connectivity index (χ0n) is 6.69. The molecule has 1 saturated carbocycles. The molecule has 1 N–H and O–H groups in total. The van der Waals surface area contributed by atoms with E-state index in [1.807, 2.05) is 11.8 Å². The Morgan fingerprint density at radius 2 is 2.17 bits per heavy atom. The molecule has 3 rings (SSSR count). The largest absolute Gasteiger partial charge is 0.360 e. The molecule has 0 spiro atoms. The van der Waals surface area contributed by atoms with Crippen molar-refractivity contribution in [1.82, 2.24) is 4.98 Å². The standard InChI is InChI=1S/C9H10BrNS/c10-8-6-3-12-4-7(6)11-9(8)5-1-2-5/h5,11H,1-4H2. The minimum Gasteiger partial charge on any atom is -0.360 e. The second kappa shape index (κ2) is 2.55. The Hall–Kier alpha value is 0.110. The maximum absolute atomic E-state index is 3.70. The van der Waals surface area contributed by atoms with Crippen LogP contribution in [0.5, 0.6) is 0 Å². The summed E-state index contributed by atoms with van der Waals surface area (Å²) in [6.07, 6.45) is 2.76. The lowest BCUT2D eigenvalue weighted by Gasteiger charge is -1.95. The van der Waals surface area contributed by atoms with Gasteiger partial charge in [0.05, 0.1) is 0 Å². The molecule has 1 aromatic heterocycles. The Labute approximate surface area is 84.4 Å². The molecular weight excluding hydrogens is 234 g/mol. The second-order valence-corrected chi connectivity index (χ2v) is 5.36. The van der Waals surface area contributed by atoms with Crippen molar-refractivity contribution in [3.8, 4) is 0 Å². The highest BCUT2D eigenvalue weighted by atomic mass is 79.9. The minimum atomic E-state index is 0.843. The van der Waals surface area contributed by atoms with Crippen LogP contribution in [0.25, 0.3) is 0 Å². The van der Waals surface area contributed by atoms with E-state index in [0.29, 0.717) is 0 Å². The van der Waals surface area contributed by atoms with Gasteiger partial charge < -0.3 is 4.98 Å². The van der Waals surface area contributed by atoms with E-state index in [0.717, 1.165) is 5.92 Å². The van der Waals surface area contributed by atoms with Crippen LogP contribution < -0.4 is 0 Å². The molecule has 2 heterocycles. The van der Waals surface area contributed by atoms with Gasteiger partial charge in [-0.15, -0.1) is 0 Å². The molecule has 1 aliphatic heterocycles. The van der Waals surface area contributed by atoms with Crippen molar-refractivity contribution in [2.24, 2.45) is 0 Å². The third kappa shape index (κ3) is 0.990. The smallest absolute Gasteiger partial charge is 0.0429 e. The van der Waals surface area contributed by atoms with Crippen LogP contribution in [0.4, 0.5) is 0 Å². The van der Waals surface area contributed by atoms with Crippen LogP contribution in [0.15, 0.2) is 4.47 Å². The van der Waals surface area contributed by atoms with Crippen molar-refractivity contribution >= 4 is 27.7 Å². The maximum Gasteiger partial charge on any atom is 0.0429 e. The zero-order chi connectivity index (χ0) is 8.13. The van der Waals surface area contributed by atoms with Crippen LogP contribution >= 0.6 is 27.7 Å². The van der Waals surface area contributed by atoms with Gasteiger partial charge in [-0.2, -0.15) is 11.8 Å². The Kier molecular flexibility index (Phi) is 1.59. The van der Waals surface area contributed by atoms with Crippen molar-refractivity contribution in [3.63, 3.8) is 0 Å². The quantitative estimate of drug-likeness (QED) is 0.800. The molecule has 1 fully saturated rings. The molecule has 0 amide bonds. The number of aromatic amines is 1. The molecule has 1 nitrogen and oxygen atoms in total. The van der Waals surface area contributed by atoms with Crippen molar-refractivity contribution in [2.45, 2.75) is 30.3 Å². The number of hydrogen-bond donors (Lipinski definition) is 1. The number of nitrogens with one attached hydrogen (secondary N) is 1. The second-order valence-electron chi connectivity index (χ2n) is 3.58. The summed E-state index contributed by atoms with van der Waals surface area (Å²) in [6, 6.07) is 0. The van der Waals surface area contributed by atoms with Gasteiger partial charge in [-0.05, 0) is 34.3 Å². The van der Waals surface area contributed by atoms with E-state index in [4.69, 9.17) is 0 Å². The Balaban J connectivity index is 2.10. The molecule has 12 heavy (non-hydrogen) atoms. The topological polar surface area (TPSA) is 15.8 Å². The van der Waals surface area contributed by atoms with E-state index in [-0.39, 0.29) is 0 Å². The molecule has 0 radical (unpaired) electrons. The van der Waals surface area contributed by atoms with Crippen LogP contribution in [-0.2, 0) is 11.5 Å². The van der Waals surface area contributed by atoms with Crippen molar-refractivity contribution < 1.29 is 0 Å². The number of hydrogen-bond acceptors (Lipinski definition) is 1. The van der Waals surface area contributed by atoms with Crippen molar-refractivity contribution in [1.29, 1.82) is 0 Å². The minimum absolute atomic E-state index is 0.843. The van der Waals surface area contributed by atoms with Crippen LogP contribution in [0, 0.1) is 0 Å². The highest BCUT2D eigenvalue weighted by molar-refractivity contribution is 9.10. The molecule has 0 bridgehead atoms. The number of thioether (sulfide) groups is 1. The van der Waals surface area contributed by atoms with Gasteiger partial charge in [0, 0.05) is 33.3 Å². The molecule has 0 atom stereocenters. The molecule has 0 unspecified atom stereocenters. The van der Waals surface area contributed by atoms with Gasteiger partial charge in [-0.1, -0.05) is 0 Å². The van der Waals surface area contributed by atoms with Gasteiger partial charge in [0.2, 0.25) is 0 Å². The van der Waals surface area contributed by atoms with Crippen LogP contribution in [0.1, 0.15) is 35.7 Å². The van der Waals surface area contributed by atoms with Gasteiger partial charge in [0.15, 0.2) is 0 Å². The van der Waals surface area contributed by atoms with E-state index in [1.54, 1.807) is 0 Å². The number of halogens is 1. The lowest BCUT2D eigenvalue weighted by Crippen LogP contribution is -1.81. The summed E-state index contributed by atoms with van der Waals surface area (Å²) in [6.45, 7) is 0. The van der Waals surface area contributed by atoms with Crippen LogP contribution in [-0.4, -0.2) is 4.98 Å². The highest BCUT2D eigenvalue weighted by Crippen LogP contribution is 2.47. The first-order chi connectivity index (χ1) is 5.86. The molecule has 0 aromatic carbocycles. The Bertz CT molecular complexity index is 328. The molecule has 1 aromatic rings. The van der Waals surface area contributed by atoms with E-state index in [1.165, 1.54) is 45.8 Å². The predicted molar refractivity (Wildman–Crippen MR) is 55.5 cm³/mol. The molecule has 2 aliphatic rings. The average molecular weight is 244 g/mol. The zero-order valence-corrected chi connectivity index (χ0v) is 9.09. The van der Waals surface area contributed by atoms with Gasteiger partial charge in [0.25, 0.3) is 0 Å². The Morgan fingerprint density at radius 3 is 2.83 bits per heavy atom. The third-order valence-electron chi connectivity index (χ3n) is 2.63. The van der Waals surface area contributed by atoms with E-state index >= 15 is 0 Å². The Morgan fingerprint density at radius 1 is 1.33 bits per heavy atom. The van der Waals surface area contributed by atoms with Crippen molar-refractivity contribution in [2.75, 3.05) is 0 Å². The fourth-order valence-electron chi connectivity index (χ4n) is 1.77. The van der Waals surface area contributed by atoms with Crippen LogP contribution in [0.3, 0.4) is 0 Å². The van der Waals surface area contributed by atoms with Crippen molar-refractivity contribution in [3.05, 3.63) is 21.4 Å². The SMILES string of the molecule is Brc1c(C2CC2)[nH]c2c1CSC2. The summed E-state index contributed by atoms with van der Waals surface area (Å²) in [4.78, 5) is 3.56. The summed E-state index contributed by atoms with van der Waals surface area (Å²) in [5, 5.41) is 0. The van der Waals surface area contributed by atoms with E-state index < -0.39 is 0 Å². The summed E-state index contributed by atoms with van der Waals surface area (Å²) >= 11 is 5.70. The van der Waals surface area contributed by atoms with Gasteiger partial charge in [-0.25, -0.2) is 0 Å². The monoisotopic (exact) mass is 243 g/mol. The molecule has 1 aliphatic carbocycles. The van der Waals surface area contributed by atoms with Gasteiger partial charge in [-0.3, -0.25) is 0 Å². The predicted octanol–water partition coefficient (Wildman–Crippen LogP) is 3.40. The lowest BCUT2D eigenvalue weighted by molar-refractivity contribution is 1.02. The highest BCUT2D eigenvalue weighted by Gasteiger charge is 2.30. The maximum atomic E-state index is 3.70. The molecule has 64 valence electrons. The summed E-state index contributed by atoms with van der Waals surface area (Å²) in [5.74, 6) is 3.22. The van der Waals surface area contributed by atoms with Crippen LogP contribution in [0.2, 0.25) is 0 Å². The van der Waals surface area contributed by atoms with E-state index in [9.17, 15) is 0 Å². The van der Waals surface area contributed by atoms with E-state index in [2.05, 4.69) is 20.9 Å². The first-order valence-electron chi connectivity index (χ1n) is 4.33. The number of fused-ring (bicyclic) bond motifs is 1. The molecular formula is C9H10BrNS. The first-order valence-corrected chi connectivity index (χ1v) is 6.28. The molecule has 0 saturated heterocycles. The molecule has 3 heteroatoms.